The summed E-state index contributed by atoms with van der Waals surface area (Å²) in [7, 11) is 0. The molecule has 3 nitrogen and oxygen atoms in total. The molecule has 1 aliphatic heterocycles. The molecule has 102 valence electrons. The third-order valence-corrected chi connectivity index (χ3v) is 2.72. The van der Waals surface area contributed by atoms with Crippen molar-refractivity contribution in [2.75, 3.05) is 18.1 Å². The lowest BCUT2D eigenvalue weighted by molar-refractivity contribution is -0.137. The minimum absolute atomic E-state index is 0.449. The van der Waals surface area contributed by atoms with Crippen LogP contribution in [0.3, 0.4) is 0 Å². The average Bonchev–Trinajstić information content (AvgIpc) is 2.84. The molecule has 1 N–H and O–H groups in total. The van der Waals surface area contributed by atoms with Gasteiger partial charge in [0.05, 0.1) is 11.3 Å². The van der Waals surface area contributed by atoms with E-state index in [0.29, 0.717) is 25.2 Å². The van der Waals surface area contributed by atoms with Crippen molar-refractivity contribution in [2.24, 2.45) is 5.10 Å². The van der Waals surface area contributed by atoms with Gasteiger partial charge in [0.25, 0.3) is 0 Å². The Bertz CT molecular complexity index is 494. The lowest BCUT2D eigenvalue weighted by atomic mass is 10.2. The molecule has 0 amide bonds. The van der Waals surface area contributed by atoms with Gasteiger partial charge in [-0.25, -0.2) is 0 Å². The summed E-state index contributed by atoms with van der Waals surface area (Å²) in [5.74, 6) is 0.761. The van der Waals surface area contributed by atoms with Crippen LogP contribution in [0.1, 0.15) is 12.0 Å². The zero-order valence-corrected chi connectivity index (χ0v) is 10.2. The molecule has 0 saturated carbocycles. The first-order chi connectivity index (χ1) is 9.00. The second-order valence-electron chi connectivity index (χ2n) is 4.14. The Kier molecular flexibility index (Phi) is 3.78. The third kappa shape index (κ3) is 3.27. The molecular formula is C13H14F3N3. The fraction of sp³-hybridized carbons (Fsp3) is 0.308. The van der Waals surface area contributed by atoms with Crippen LogP contribution < -0.4 is 10.3 Å². The van der Waals surface area contributed by atoms with Gasteiger partial charge in [-0.15, -0.1) is 6.58 Å². The Morgan fingerprint density at radius 1 is 1.42 bits per heavy atom. The predicted octanol–water partition coefficient (Wildman–Crippen LogP) is 3.00. The molecule has 2 rings (SSSR count). The first-order valence-corrected chi connectivity index (χ1v) is 5.88. The molecular weight excluding hydrogens is 255 g/mol. The van der Waals surface area contributed by atoms with Gasteiger partial charge < -0.3 is 5.32 Å². The standard InChI is InChI=1S/C13H14F3N3/c1-2-7-17-12-6-8-19(18-12)11-5-3-4-10(9-11)13(14,15)16/h2-5,9H,1,6-8H2,(H,17,18). The average molecular weight is 269 g/mol. The van der Waals surface area contributed by atoms with Gasteiger partial charge in [-0.1, -0.05) is 12.1 Å². The Morgan fingerprint density at radius 2 is 2.21 bits per heavy atom. The van der Waals surface area contributed by atoms with Crippen molar-refractivity contribution in [3.63, 3.8) is 0 Å². The summed E-state index contributed by atoms with van der Waals surface area (Å²) in [5.41, 5.74) is -0.210. The van der Waals surface area contributed by atoms with Crippen molar-refractivity contribution in [3.8, 4) is 0 Å². The number of nitrogens with one attached hydrogen (secondary N) is 1. The molecule has 0 unspecified atom stereocenters. The van der Waals surface area contributed by atoms with E-state index >= 15 is 0 Å². The van der Waals surface area contributed by atoms with Gasteiger partial charge in [0.1, 0.15) is 5.84 Å². The Hall–Kier alpha value is -1.98. The highest BCUT2D eigenvalue weighted by atomic mass is 19.4. The normalized spacial score (nSPS) is 15.3. The van der Waals surface area contributed by atoms with Gasteiger partial charge >= 0.3 is 6.18 Å². The minimum atomic E-state index is -4.33. The van der Waals surface area contributed by atoms with Crippen LogP contribution in [0.5, 0.6) is 0 Å². The highest BCUT2D eigenvalue weighted by molar-refractivity contribution is 5.86. The molecule has 0 aliphatic carbocycles. The van der Waals surface area contributed by atoms with Gasteiger partial charge in [-0.2, -0.15) is 18.3 Å². The fourth-order valence-electron chi connectivity index (χ4n) is 1.80. The summed E-state index contributed by atoms with van der Waals surface area (Å²) in [4.78, 5) is 0. The van der Waals surface area contributed by atoms with E-state index in [-0.39, 0.29) is 0 Å². The van der Waals surface area contributed by atoms with Gasteiger partial charge in [0.15, 0.2) is 0 Å². The lowest BCUT2D eigenvalue weighted by Crippen LogP contribution is -2.21. The maximum atomic E-state index is 12.6. The smallest absolute Gasteiger partial charge is 0.369 e. The maximum Gasteiger partial charge on any atom is 0.416 e. The van der Waals surface area contributed by atoms with E-state index in [9.17, 15) is 13.2 Å². The number of alkyl halides is 3. The zero-order valence-electron chi connectivity index (χ0n) is 10.2. The topological polar surface area (TPSA) is 27.6 Å². The highest BCUT2D eigenvalue weighted by Gasteiger charge is 2.31. The van der Waals surface area contributed by atoms with Gasteiger partial charge in [0.2, 0.25) is 0 Å². The van der Waals surface area contributed by atoms with Crippen LogP contribution in [0, 0.1) is 0 Å². The number of hydrogen-bond acceptors (Lipinski definition) is 3. The molecule has 0 atom stereocenters. The van der Waals surface area contributed by atoms with Crippen molar-refractivity contribution in [1.82, 2.24) is 5.32 Å². The van der Waals surface area contributed by atoms with Crippen LogP contribution in [0.15, 0.2) is 42.0 Å². The number of hydrogen-bond donors (Lipinski definition) is 1. The van der Waals surface area contributed by atoms with Crippen molar-refractivity contribution < 1.29 is 13.2 Å². The van der Waals surface area contributed by atoms with Crippen LogP contribution in [-0.2, 0) is 6.18 Å². The van der Waals surface area contributed by atoms with Crippen LogP contribution in [0.25, 0.3) is 0 Å². The number of hydrazone groups is 1. The lowest BCUT2D eigenvalue weighted by Gasteiger charge is -2.15. The highest BCUT2D eigenvalue weighted by Crippen LogP contribution is 2.32. The molecule has 0 radical (unpaired) electrons. The molecule has 0 spiro atoms. The SMILES string of the molecule is C=CCNC1=NN(c2cccc(C(F)(F)F)c2)CC1. The largest absolute Gasteiger partial charge is 0.416 e. The van der Waals surface area contributed by atoms with Gasteiger partial charge in [-0.3, -0.25) is 5.01 Å². The van der Waals surface area contributed by atoms with Crippen LogP contribution in [-0.4, -0.2) is 18.9 Å². The van der Waals surface area contributed by atoms with E-state index in [1.807, 2.05) is 0 Å². The van der Waals surface area contributed by atoms with Crippen LogP contribution in [0.2, 0.25) is 0 Å². The van der Waals surface area contributed by atoms with E-state index in [1.54, 1.807) is 17.2 Å². The Balaban J connectivity index is 2.15. The summed E-state index contributed by atoms with van der Waals surface area (Å²) >= 11 is 0. The number of anilines is 1. The molecule has 19 heavy (non-hydrogen) atoms. The summed E-state index contributed by atoms with van der Waals surface area (Å²) in [6.45, 7) is 4.74. The quantitative estimate of drug-likeness (QED) is 0.854. The predicted molar refractivity (Wildman–Crippen MR) is 69.0 cm³/mol. The van der Waals surface area contributed by atoms with Gasteiger partial charge in [0, 0.05) is 19.5 Å². The summed E-state index contributed by atoms with van der Waals surface area (Å²) in [6.07, 6.45) is -1.94. The van der Waals surface area contributed by atoms with Crippen molar-refractivity contribution in [2.45, 2.75) is 12.6 Å². The molecule has 1 heterocycles. The fourth-order valence-corrected chi connectivity index (χ4v) is 1.80. The number of amidine groups is 1. The molecule has 0 saturated heterocycles. The molecule has 0 fully saturated rings. The number of benzene rings is 1. The molecule has 0 bridgehead atoms. The van der Waals surface area contributed by atoms with Crippen molar-refractivity contribution in [1.29, 1.82) is 0 Å². The molecule has 1 aromatic rings. The Morgan fingerprint density at radius 3 is 2.89 bits per heavy atom. The second-order valence-corrected chi connectivity index (χ2v) is 4.14. The first-order valence-electron chi connectivity index (χ1n) is 5.88. The van der Waals surface area contributed by atoms with E-state index in [0.717, 1.165) is 18.0 Å². The number of rotatable bonds is 3. The van der Waals surface area contributed by atoms with E-state index in [4.69, 9.17) is 0 Å². The summed E-state index contributed by atoms with van der Waals surface area (Å²) in [6, 6.07) is 5.18. The minimum Gasteiger partial charge on any atom is -0.369 e. The Labute approximate surface area is 109 Å². The maximum absolute atomic E-state index is 12.6. The van der Waals surface area contributed by atoms with Crippen LogP contribution >= 0.6 is 0 Å². The third-order valence-electron chi connectivity index (χ3n) is 2.72. The summed E-state index contributed by atoms with van der Waals surface area (Å²) in [5, 5.41) is 8.86. The van der Waals surface area contributed by atoms with E-state index in [2.05, 4.69) is 17.0 Å². The second kappa shape index (κ2) is 5.34. The number of halogens is 3. The molecule has 0 aromatic heterocycles. The van der Waals surface area contributed by atoms with Crippen molar-refractivity contribution >= 4 is 11.5 Å². The summed E-state index contributed by atoms with van der Waals surface area (Å²) < 4.78 is 37.9. The molecule has 1 aliphatic rings. The van der Waals surface area contributed by atoms with E-state index < -0.39 is 11.7 Å². The monoisotopic (exact) mass is 269 g/mol. The van der Waals surface area contributed by atoms with E-state index in [1.165, 1.54) is 6.07 Å². The van der Waals surface area contributed by atoms with Crippen LogP contribution in [0.4, 0.5) is 18.9 Å². The molecule has 1 aromatic carbocycles. The first kappa shape index (κ1) is 13.5. The zero-order chi connectivity index (χ0) is 13.9. The van der Waals surface area contributed by atoms with Gasteiger partial charge in [-0.05, 0) is 18.2 Å². The van der Waals surface area contributed by atoms with Crippen molar-refractivity contribution in [3.05, 3.63) is 42.5 Å². The number of nitrogens with zero attached hydrogens (tertiary/aromatic N) is 2. The molecule has 6 heteroatoms.